The SMILES string of the molecule is CC(C)(C)OC(=O)N1C(=O)C2(CCNCC2)c2ccc(Br)cc21. The molecule has 5 nitrogen and oxygen atoms in total. The Kier molecular flexibility index (Phi) is 4.01. The molecule has 2 aliphatic heterocycles. The van der Waals surface area contributed by atoms with Crippen molar-refractivity contribution in [3.8, 4) is 0 Å². The van der Waals surface area contributed by atoms with E-state index in [1.165, 1.54) is 4.90 Å². The molecule has 2 amide bonds. The largest absolute Gasteiger partial charge is 0.443 e. The fourth-order valence-corrected chi connectivity index (χ4v) is 3.71. The van der Waals surface area contributed by atoms with Crippen LogP contribution in [0.3, 0.4) is 0 Å². The van der Waals surface area contributed by atoms with Crippen molar-refractivity contribution in [1.29, 1.82) is 0 Å². The van der Waals surface area contributed by atoms with Gasteiger partial charge in [-0.05, 0) is 64.4 Å². The molecule has 0 aliphatic carbocycles. The number of piperidine rings is 1. The number of nitrogens with one attached hydrogen (secondary N) is 1. The van der Waals surface area contributed by atoms with Gasteiger partial charge < -0.3 is 10.1 Å². The second-order valence-corrected chi connectivity index (χ2v) is 8.03. The Morgan fingerprint density at radius 2 is 1.96 bits per heavy atom. The molecule has 3 rings (SSSR count). The number of carbonyl (C=O) groups excluding carboxylic acids is 2. The minimum absolute atomic E-state index is 0.165. The highest BCUT2D eigenvalue weighted by Crippen LogP contribution is 2.48. The molecule has 1 fully saturated rings. The zero-order valence-corrected chi connectivity index (χ0v) is 15.2. The number of nitrogens with zero attached hydrogens (tertiary/aromatic N) is 1. The first-order valence-electron chi connectivity index (χ1n) is 7.83. The van der Waals surface area contributed by atoms with Crippen molar-refractivity contribution in [3.05, 3.63) is 28.2 Å². The lowest BCUT2D eigenvalue weighted by atomic mass is 9.74. The van der Waals surface area contributed by atoms with E-state index in [9.17, 15) is 9.59 Å². The summed E-state index contributed by atoms with van der Waals surface area (Å²) in [5.74, 6) is -0.165. The van der Waals surface area contributed by atoms with Crippen LogP contribution in [-0.4, -0.2) is 30.7 Å². The number of anilines is 1. The molecule has 1 aromatic rings. The summed E-state index contributed by atoms with van der Waals surface area (Å²) in [5, 5.41) is 3.28. The molecule has 1 aromatic carbocycles. The van der Waals surface area contributed by atoms with Crippen LogP contribution in [0.25, 0.3) is 0 Å². The topological polar surface area (TPSA) is 58.6 Å². The van der Waals surface area contributed by atoms with Crippen molar-refractivity contribution >= 4 is 33.6 Å². The standard InChI is InChI=1S/C17H21BrN2O3/c1-16(2,3)23-15(22)20-13-10-11(18)4-5-12(13)17(14(20)21)6-8-19-9-7-17/h4-5,10,19H,6-9H2,1-3H3. The molecular formula is C17H21BrN2O3. The number of ether oxygens (including phenoxy) is 1. The lowest BCUT2D eigenvalue weighted by Crippen LogP contribution is -2.49. The van der Waals surface area contributed by atoms with Crippen molar-refractivity contribution in [2.24, 2.45) is 0 Å². The van der Waals surface area contributed by atoms with Gasteiger partial charge in [-0.2, -0.15) is 0 Å². The molecule has 1 spiro atoms. The van der Waals surface area contributed by atoms with Gasteiger partial charge in [0.05, 0.1) is 11.1 Å². The minimum Gasteiger partial charge on any atom is -0.443 e. The van der Waals surface area contributed by atoms with Crippen LogP contribution in [-0.2, 0) is 14.9 Å². The summed E-state index contributed by atoms with van der Waals surface area (Å²) in [7, 11) is 0. The van der Waals surface area contributed by atoms with Gasteiger partial charge in [-0.1, -0.05) is 22.0 Å². The smallest absolute Gasteiger partial charge is 0.421 e. The molecule has 6 heteroatoms. The molecule has 0 aromatic heterocycles. The van der Waals surface area contributed by atoms with Crippen LogP contribution >= 0.6 is 15.9 Å². The van der Waals surface area contributed by atoms with Crippen molar-refractivity contribution in [3.63, 3.8) is 0 Å². The summed E-state index contributed by atoms with van der Waals surface area (Å²) in [6.07, 6.45) is 0.789. The van der Waals surface area contributed by atoms with E-state index in [1.54, 1.807) is 20.8 Å². The number of amides is 2. The molecular weight excluding hydrogens is 360 g/mol. The van der Waals surface area contributed by atoms with Crippen molar-refractivity contribution < 1.29 is 14.3 Å². The predicted molar refractivity (Wildman–Crippen MR) is 91.6 cm³/mol. The Hall–Kier alpha value is -1.40. The maximum absolute atomic E-state index is 13.2. The molecule has 0 saturated carbocycles. The third-order valence-corrected chi connectivity index (χ3v) is 4.86. The molecule has 1 saturated heterocycles. The predicted octanol–water partition coefficient (Wildman–Crippen LogP) is 3.35. The number of hydrogen-bond acceptors (Lipinski definition) is 4. The number of rotatable bonds is 0. The first-order valence-corrected chi connectivity index (χ1v) is 8.62. The zero-order valence-electron chi connectivity index (χ0n) is 13.6. The quantitative estimate of drug-likeness (QED) is 0.749. The summed E-state index contributed by atoms with van der Waals surface area (Å²) in [4.78, 5) is 27.0. The highest BCUT2D eigenvalue weighted by molar-refractivity contribution is 9.10. The van der Waals surface area contributed by atoms with Crippen LogP contribution < -0.4 is 10.2 Å². The van der Waals surface area contributed by atoms with Crippen LogP contribution in [0.5, 0.6) is 0 Å². The van der Waals surface area contributed by atoms with Gasteiger partial charge >= 0.3 is 6.09 Å². The van der Waals surface area contributed by atoms with Gasteiger partial charge in [0.2, 0.25) is 5.91 Å². The van der Waals surface area contributed by atoms with Gasteiger partial charge in [0.15, 0.2) is 0 Å². The first-order chi connectivity index (χ1) is 10.7. The van der Waals surface area contributed by atoms with E-state index in [0.717, 1.165) is 23.1 Å². The molecule has 0 atom stereocenters. The van der Waals surface area contributed by atoms with E-state index in [-0.39, 0.29) is 5.91 Å². The number of benzene rings is 1. The lowest BCUT2D eigenvalue weighted by Gasteiger charge is -2.33. The molecule has 23 heavy (non-hydrogen) atoms. The van der Waals surface area contributed by atoms with E-state index >= 15 is 0 Å². The van der Waals surface area contributed by atoms with E-state index in [2.05, 4.69) is 21.2 Å². The molecule has 0 bridgehead atoms. The van der Waals surface area contributed by atoms with Crippen LogP contribution in [0.15, 0.2) is 22.7 Å². The average molecular weight is 381 g/mol. The molecule has 124 valence electrons. The summed E-state index contributed by atoms with van der Waals surface area (Å²) in [6, 6.07) is 5.70. The highest BCUT2D eigenvalue weighted by Gasteiger charge is 2.53. The molecule has 1 N–H and O–H groups in total. The van der Waals surface area contributed by atoms with Gasteiger partial charge in [0.1, 0.15) is 5.60 Å². The van der Waals surface area contributed by atoms with E-state index in [4.69, 9.17) is 4.74 Å². The van der Waals surface area contributed by atoms with E-state index in [1.807, 2.05) is 18.2 Å². The third-order valence-electron chi connectivity index (χ3n) is 4.36. The second kappa shape index (κ2) is 5.60. The van der Waals surface area contributed by atoms with Gasteiger partial charge in [-0.25, -0.2) is 9.69 Å². The number of halogens is 1. The Labute approximate surface area is 144 Å². The van der Waals surface area contributed by atoms with Crippen LogP contribution in [0.4, 0.5) is 10.5 Å². The van der Waals surface area contributed by atoms with Crippen LogP contribution in [0.2, 0.25) is 0 Å². The normalized spacial score (nSPS) is 19.8. The van der Waals surface area contributed by atoms with Gasteiger partial charge in [0, 0.05) is 4.47 Å². The summed E-state index contributed by atoms with van der Waals surface area (Å²) in [5.41, 5.74) is 0.310. The number of carbonyl (C=O) groups is 2. The summed E-state index contributed by atoms with van der Waals surface area (Å²) in [6.45, 7) is 6.93. The molecule has 0 radical (unpaired) electrons. The number of fused-ring (bicyclic) bond motifs is 2. The van der Waals surface area contributed by atoms with Crippen molar-refractivity contribution in [2.45, 2.75) is 44.6 Å². The van der Waals surface area contributed by atoms with Crippen LogP contribution in [0.1, 0.15) is 39.2 Å². The monoisotopic (exact) mass is 380 g/mol. The maximum Gasteiger partial charge on any atom is 0.421 e. The number of hydrogen-bond donors (Lipinski definition) is 1. The fraction of sp³-hybridized carbons (Fsp3) is 0.529. The lowest BCUT2D eigenvalue weighted by molar-refractivity contribution is -0.123. The third kappa shape index (κ3) is 2.78. The Bertz CT molecular complexity index is 660. The highest BCUT2D eigenvalue weighted by atomic mass is 79.9. The van der Waals surface area contributed by atoms with E-state index < -0.39 is 17.1 Å². The van der Waals surface area contributed by atoms with Crippen molar-refractivity contribution in [1.82, 2.24) is 5.32 Å². The molecule has 2 heterocycles. The summed E-state index contributed by atoms with van der Waals surface area (Å²) < 4.78 is 6.29. The van der Waals surface area contributed by atoms with Gasteiger partial charge in [-0.15, -0.1) is 0 Å². The molecule has 0 unspecified atom stereocenters. The van der Waals surface area contributed by atoms with Gasteiger partial charge in [-0.3, -0.25) is 4.79 Å². The maximum atomic E-state index is 13.2. The summed E-state index contributed by atoms with van der Waals surface area (Å²) >= 11 is 3.43. The zero-order chi connectivity index (χ0) is 16.8. The average Bonchev–Trinajstić information content (AvgIpc) is 2.67. The fourth-order valence-electron chi connectivity index (χ4n) is 3.36. The van der Waals surface area contributed by atoms with Gasteiger partial charge in [0.25, 0.3) is 0 Å². The molecule has 2 aliphatic rings. The Balaban J connectivity index is 2.07. The Morgan fingerprint density at radius 1 is 1.30 bits per heavy atom. The minimum atomic E-state index is -0.645. The van der Waals surface area contributed by atoms with Crippen molar-refractivity contribution in [2.75, 3.05) is 18.0 Å². The second-order valence-electron chi connectivity index (χ2n) is 7.11. The first kappa shape index (κ1) is 16.5. The number of imide groups is 1. The Morgan fingerprint density at radius 3 is 2.57 bits per heavy atom. The van der Waals surface area contributed by atoms with Crippen LogP contribution in [0, 0.1) is 0 Å². The van der Waals surface area contributed by atoms with E-state index in [0.29, 0.717) is 18.5 Å².